The highest BCUT2D eigenvalue weighted by molar-refractivity contribution is 7.47. The van der Waals surface area contributed by atoms with Gasteiger partial charge in [0.2, 0.25) is 0 Å². The molecule has 13 heteroatoms. The summed E-state index contributed by atoms with van der Waals surface area (Å²) in [4.78, 5) is 23.2. The van der Waals surface area contributed by atoms with Gasteiger partial charge in [-0.25, -0.2) is 4.57 Å². The first-order valence-corrected chi connectivity index (χ1v) is 26.7. The molecule has 0 bridgehead atoms. The predicted octanol–water partition coefficient (Wildman–Crippen LogP) is 10.9. The second-order valence-corrected chi connectivity index (χ2v) is 19.1. The lowest BCUT2D eigenvalue weighted by Gasteiger charge is -2.41. The first kappa shape index (κ1) is 58.8. The number of carbonyl (C=O) groups is 1. The van der Waals surface area contributed by atoms with Gasteiger partial charge in [-0.2, -0.15) is 0 Å². The summed E-state index contributed by atoms with van der Waals surface area (Å²) in [6.45, 7) is 4.26. The van der Waals surface area contributed by atoms with Crippen LogP contribution in [-0.4, -0.2) is 98.9 Å². The third-order valence-electron chi connectivity index (χ3n) is 11.8. The summed E-state index contributed by atoms with van der Waals surface area (Å²) >= 11 is 0. The van der Waals surface area contributed by atoms with Gasteiger partial charge in [0, 0.05) is 13.0 Å². The molecule has 12 nitrogen and oxygen atoms in total. The lowest BCUT2D eigenvalue weighted by Crippen LogP contribution is -2.64. The quantitative estimate of drug-likeness (QED) is 0.0147. The van der Waals surface area contributed by atoms with E-state index in [9.17, 15) is 39.8 Å². The van der Waals surface area contributed by atoms with E-state index in [1.165, 1.54) is 141 Å². The molecule has 62 heavy (non-hydrogen) atoms. The molecule has 0 saturated heterocycles. The predicted molar refractivity (Wildman–Crippen MR) is 249 cm³/mol. The summed E-state index contributed by atoms with van der Waals surface area (Å²) in [5.74, 6) is -0.479. The van der Waals surface area contributed by atoms with E-state index in [1.807, 2.05) is 0 Å². The molecule has 6 atom stereocenters. The molecule has 0 spiro atoms. The Morgan fingerprint density at radius 3 is 1.27 bits per heavy atom. The highest BCUT2D eigenvalue weighted by atomic mass is 31.2. The Morgan fingerprint density at radius 2 is 0.855 bits per heavy atom. The van der Waals surface area contributed by atoms with Gasteiger partial charge in [-0.3, -0.25) is 13.8 Å². The van der Waals surface area contributed by atoms with Crippen molar-refractivity contribution >= 4 is 13.8 Å². The number of ether oxygens (including phenoxy) is 2. The summed E-state index contributed by atoms with van der Waals surface area (Å²) < 4.78 is 34.3. The second-order valence-electron chi connectivity index (χ2n) is 17.7. The van der Waals surface area contributed by atoms with E-state index in [0.717, 1.165) is 51.4 Å². The average molecular weight is 905 g/mol. The molecule has 0 aromatic rings. The summed E-state index contributed by atoms with van der Waals surface area (Å²) in [6, 6.07) is 0. The van der Waals surface area contributed by atoms with Crippen LogP contribution in [0.1, 0.15) is 219 Å². The number of unbranched alkanes of at least 4 members (excludes halogenated alkanes) is 27. The van der Waals surface area contributed by atoms with Gasteiger partial charge in [0.15, 0.2) is 0 Å². The smallest absolute Gasteiger partial charge is 0.457 e. The molecule has 0 aromatic heterocycles. The first-order valence-electron chi connectivity index (χ1n) is 25.2. The minimum absolute atomic E-state index is 0.0788. The number of hydrogen-bond acceptors (Lipinski definition) is 11. The lowest BCUT2D eigenvalue weighted by molar-refractivity contribution is -0.220. The van der Waals surface area contributed by atoms with Gasteiger partial charge in [0.05, 0.1) is 13.2 Å². The number of phosphoric acid groups is 1. The standard InChI is InChI=1S/C49H93O12P/c1-3-5-7-9-11-13-15-17-19-21-22-23-24-26-28-30-32-34-36-38-43(50)60-42(41-59-62(56,57)61-49-47(54)45(52)44(51)46(53)48(49)55)40-58-39-37-35-33-31-29-27-25-20-18-16-14-12-10-8-6-4-2/h17-20,42,44-49,51-55H,3-16,21-41H2,1-2H3,(H,56,57)/b19-17-,20-18-. The van der Waals surface area contributed by atoms with E-state index in [-0.39, 0.29) is 13.0 Å². The van der Waals surface area contributed by atoms with E-state index in [2.05, 4.69) is 38.2 Å². The topological polar surface area (TPSA) is 192 Å². The van der Waals surface area contributed by atoms with Gasteiger partial charge < -0.3 is 39.9 Å². The lowest BCUT2D eigenvalue weighted by atomic mass is 9.85. The Balaban J connectivity index is 2.35. The molecule has 1 saturated carbocycles. The van der Waals surface area contributed by atoms with Gasteiger partial charge in [-0.05, 0) is 64.2 Å². The Bertz CT molecular complexity index is 1120. The van der Waals surface area contributed by atoms with Crippen LogP contribution in [-0.2, 0) is 27.9 Å². The van der Waals surface area contributed by atoms with E-state index >= 15 is 0 Å². The van der Waals surface area contributed by atoms with Crippen molar-refractivity contribution < 1.29 is 58.3 Å². The maximum Gasteiger partial charge on any atom is 0.472 e. The van der Waals surface area contributed by atoms with Gasteiger partial charge in [-0.1, -0.05) is 173 Å². The Morgan fingerprint density at radius 1 is 0.500 bits per heavy atom. The highest BCUT2D eigenvalue weighted by Crippen LogP contribution is 2.47. The number of esters is 1. The molecular formula is C49H93O12P. The van der Waals surface area contributed by atoms with Crippen LogP contribution in [0.2, 0.25) is 0 Å². The maximum absolute atomic E-state index is 12.8. The number of rotatable bonds is 43. The van der Waals surface area contributed by atoms with E-state index in [0.29, 0.717) is 13.0 Å². The average Bonchev–Trinajstić information content (AvgIpc) is 3.26. The van der Waals surface area contributed by atoms with Crippen LogP contribution in [0.4, 0.5) is 0 Å². The number of aliphatic hydroxyl groups is 5. The van der Waals surface area contributed by atoms with Crippen molar-refractivity contribution in [3.05, 3.63) is 24.3 Å². The molecule has 1 rings (SSSR count). The van der Waals surface area contributed by atoms with Crippen LogP contribution in [0, 0.1) is 0 Å². The second kappa shape index (κ2) is 40.1. The van der Waals surface area contributed by atoms with Crippen LogP contribution in [0.5, 0.6) is 0 Å². The van der Waals surface area contributed by atoms with E-state index < -0.39 is 63.1 Å². The van der Waals surface area contributed by atoms with E-state index in [4.69, 9.17) is 18.5 Å². The van der Waals surface area contributed by atoms with Gasteiger partial charge in [0.25, 0.3) is 0 Å². The zero-order valence-corrected chi connectivity index (χ0v) is 40.1. The van der Waals surface area contributed by atoms with Crippen molar-refractivity contribution in [2.24, 2.45) is 0 Å². The number of allylic oxidation sites excluding steroid dienone is 4. The van der Waals surface area contributed by atoms with Crippen molar-refractivity contribution in [1.82, 2.24) is 0 Å². The maximum atomic E-state index is 12.8. The van der Waals surface area contributed by atoms with E-state index in [1.54, 1.807) is 0 Å². The summed E-state index contributed by atoms with van der Waals surface area (Å²) in [6.07, 6.45) is 33.8. The summed E-state index contributed by atoms with van der Waals surface area (Å²) in [7, 11) is -5.02. The molecule has 1 aliphatic carbocycles. The third-order valence-corrected chi connectivity index (χ3v) is 12.8. The first-order chi connectivity index (χ1) is 30.0. The van der Waals surface area contributed by atoms with Crippen molar-refractivity contribution in [3.63, 3.8) is 0 Å². The molecule has 0 radical (unpaired) electrons. The molecule has 0 aliphatic heterocycles. The zero-order valence-electron chi connectivity index (χ0n) is 39.2. The molecular weight excluding hydrogens is 812 g/mol. The normalized spacial score (nSPS) is 22.1. The molecule has 6 N–H and O–H groups in total. The van der Waals surface area contributed by atoms with Crippen molar-refractivity contribution in [3.8, 4) is 0 Å². The molecule has 366 valence electrons. The molecule has 0 aromatic carbocycles. The minimum Gasteiger partial charge on any atom is -0.457 e. The van der Waals surface area contributed by atoms with Crippen LogP contribution < -0.4 is 0 Å². The monoisotopic (exact) mass is 905 g/mol. The van der Waals surface area contributed by atoms with Gasteiger partial charge in [-0.15, -0.1) is 0 Å². The number of hydrogen-bond donors (Lipinski definition) is 6. The van der Waals surface area contributed by atoms with Crippen molar-refractivity contribution in [2.75, 3.05) is 19.8 Å². The zero-order chi connectivity index (χ0) is 45.5. The molecule has 0 heterocycles. The minimum atomic E-state index is -5.02. The fourth-order valence-electron chi connectivity index (χ4n) is 7.76. The summed E-state index contributed by atoms with van der Waals surface area (Å²) in [5.41, 5.74) is 0. The fourth-order valence-corrected chi connectivity index (χ4v) is 8.73. The Labute approximate surface area is 377 Å². The molecule has 0 amide bonds. The SMILES string of the molecule is CCCCCCCC/C=C\CCCCCCCCCCCC(=O)OC(COCCCCCCCC/C=C\CCCCCCCC)COP(=O)(O)OC1C(O)C(O)C(O)C(O)C1O. The highest BCUT2D eigenvalue weighted by Gasteiger charge is 2.51. The Kier molecular flexibility index (Phi) is 38.1. The summed E-state index contributed by atoms with van der Waals surface area (Å²) in [5, 5.41) is 50.3. The van der Waals surface area contributed by atoms with Gasteiger partial charge in [0.1, 0.15) is 42.7 Å². The third kappa shape index (κ3) is 31.7. The molecule has 1 fully saturated rings. The fraction of sp³-hybridized carbons (Fsp3) is 0.898. The van der Waals surface area contributed by atoms with Crippen LogP contribution >= 0.6 is 7.82 Å². The van der Waals surface area contributed by atoms with Crippen LogP contribution in [0.15, 0.2) is 24.3 Å². The number of carbonyl (C=O) groups excluding carboxylic acids is 1. The Hall–Kier alpha value is -1.18. The largest absolute Gasteiger partial charge is 0.472 e. The molecule has 1 aliphatic rings. The van der Waals surface area contributed by atoms with Crippen molar-refractivity contribution in [2.45, 2.75) is 262 Å². The number of aliphatic hydroxyl groups excluding tert-OH is 5. The van der Waals surface area contributed by atoms with Crippen molar-refractivity contribution in [1.29, 1.82) is 0 Å². The van der Waals surface area contributed by atoms with Crippen LogP contribution in [0.25, 0.3) is 0 Å². The number of phosphoric ester groups is 1. The van der Waals surface area contributed by atoms with Gasteiger partial charge >= 0.3 is 13.8 Å². The van der Waals surface area contributed by atoms with Crippen LogP contribution in [0.3, 0.4) is 0 Å². The molecule has 6 unspecified atom stereocenters.